The summed E-state index contributed by atoms with van der Waals surface area (Å²) in [6.45, 7) is 9.76. The van der Waals surface area contributed by atoms with Gasteiger partial charge in [-0.2, -0.15) is 0 Å². The number of anilines is 2. The molecule has 0 unspecified atom stereocenters. The minimum absolute atomic E-state index is 0.0697. The molecular weight excluding hydrogens is 832 g/mol. The first-order valence-corrected chi connectivity index (χ1v) is 21.3. The molecule has 15 nitrogen and oxygen atoms in total. The number of hydrogen-bond acceptors (Lipinski definition) is 13. The van der Waals surface area contributed by atoms with E-state index in [9.17, 15) is 9.59 Å². The predicted molar refractivity (Wildman–Crippen MR) is 239 cm³/mol. The molecule has 0 fully saturated rings. The summed E-state index contributed by atoms with van der Waals surface area (Å²) in [7, 11) is 0. The summed E-state index contributed by atoms with van der Waals surface area (Å²) in [6.07, 6.45) is 1.84. The van der Waals surface area contributed by atoms with Crippen LogP contribution < -0.4 is 21.1 Å². The van der Waals surface area contributed by atoms with Crippen LogP contribution in [0.4, 0.5) is 11.5 Å². The third-order valence-electron chi connectivity index (χ3n) is 10.2. The summed E-state index contributed by atoms with van der Waals surface area (Å²) in [5, 5.41) is 16.8. The maximum absolute atomic E-state index is 13.5. The van der Waals surface area contributed by atoms with Gasteiger partial charge < -0.3 is 34.0 Å². The van der Waals surface area contributed by atoms with Crippen molar-refractivity contribution in [3.05, 3.63) is 134 Å². The summed E-state index contributed by atoms with van der Waals surface area (Å²) in [5.74, 6) is 2.07. The number of aromatic nitrogens is 5. The number of H-pyrrole nitrogens is 1. The molecule has 8 rings (SSSR count). The third-order valence-corrected chi connectivity index (χ3v) is 11.6. The van der Waals surface area contributed by atoms with E-state index < -0.39 is 11.8 Å². The summed E-state index contributed by atoms with van der Waals surface area (Å²) in [4.78, 5) is 38.4. The van der Waals surface area contributed by atoms with E-state index in [1.54, 1.807) is 29.7 Å². The van der Waals surface area contributed by atoms with E-state index in [1.165, 1.54) is 4.88 Å². The van der Waals surface area contributed by atoms with Gasteiger partial charge in [0, 0.05) is 45.0 Å². The van der Waals surface area contributed by atoms with Gasteiger partial charge in [-0.1, -0.05) is 29.8 Å². The number of nitrogens with zero attached hydrogens (tertiary/aromatic N) is 5. The fraction of sp³-hybridized carbons (Fsp3) is 0.289. The lowest BCUT2D eigenvalue weighted by molar-refractivity contribution is -0.116. The fourth-order valence-electron chi connectivity index (χ4n) is 6.96. The Morgan fingerprint density at radius 3 is 2.31 bits per heavy atom. The molecule has 0 saturated heterocycles. The zero-order valence-corrected chi connectivity index (χ0v) is 36.0. The quantitative estimate of drug-likeness (QED) is 0.0674. The van der Waals surface area contributed by atoms with Crippen LogP contribution in [-0.4, -0.2) is 89.1 Å². The van der Waals surface area contributed by atoms with E-state index in [4.69, 9.17) is 40.0 Å². The van der Waals surface area contributed by atoms with Crippen molar-refractivity contribution in [2.24, 2.45) is 4.99 Å². The Balaban J connectivity index is 0.708. The highest BCUT2D eigenvalue weighted by Crippen LogP contribution is 2.40. The fourth-order valence-corrected chi connectivity index (χ4v) is 8.30. The van der Waals surface area contributed by atoms with Gasteiger partial charge in [0.1, 0.15) is 35.0 Å². The van der Waals surface area contributed by atoms with Crippen molar-refractivity contribution in [3.63, 3.8) is 0 Å². The van der Waals surface area contributed by atoms with E-state index >= 15 is 0 Å². The van der Waals surface area contributed by atoms with Gasteiger partial charge in [-0.05, 0) is 92.6 Å². The molecule has 0 bridgehead atoms. The van der Waals surface area contributed by atoms with Crippen LogP contribution in [0.3, 0.4) is 0 Å². The largest absolute Gasteiger partial charge is 0.491 e. The van der Waals surface area contributed by atoms with Crippen molar-refractivity contribution in [2.75, 3.05) is 63.4 Å². The molecule has 17 heteroatoms. The number of carbonyl (C=O) groups is 1. The Labute approximate surface area is 366 Å². The first kappa shape index (κ1) is 42.5. The van der Waals surface area contributed by atoms with Crippen LogP contribution in [0, 0.1) is 20.8 Å². The van der Waals surface area contributed by atoms with Crippen molar-refractivity contribution in [2.45, 2.75) is 33.2 Å². The van der Waals surface area contributed by atoms with E-state index in [0.29, 0.717) is 86.2 Å². The van der Waals surface area contributed by atoms with Crippen molar-refractivity contribution >= 4 is 57.2 Å². The number of aryl methyl sites for hydroxylation is 2. The lowest BCUT2D eigenvalue weighted by atomic mass is 9.99. The van der Waals surface area contributed by atoms with Gasteiger partial charge >= 0.3 is 5.76 Å². The topological polar surface area (TPSA) is 180 Å². The molecule has 3 N–H and O–H groups in total. The van der Waals surface area contributed by atoms with Gasteiger partial charge in [-0.15, -0.1) is 21.5 Å². The number of aliphatic imine (C=N–C) groups is 1. The predicted octanol–water partition coefficient (Wildman–Crippen LogP) is 7.87. The molecule has 7 aromatic rings. The SMILES string of the molecule is Cc1sc2c(c1C)C(c1ccc(Cl)cc1)=N[C@@H](CC(=O)Nc1ccc(OCCOCCOCCOCCNc3ccc(-c4ccc5[nH]c(=O)oc5c4)cn3)cc1)c1nnc(C)n1-2. The lowest BCUT2D eigenvalue weighted by Gasteiger charge is -2.13. The number of benzene rings is 3. The number of carbonyl (C=O) groups excluding carboxylic acids is 1. The van der Waals surface area contributed by atoms with Crippen LogP contribution in [-0.2, 0) is 19.0 Å². The molecule has 4 aromatic heterocycles. The second-order valence-corrected chi connectivity index (χ2v) is 16.1. The van der Waals surface area contributed by atoms with E-state index in [2.05, 4.69) is 44.6 Å². The smallest absolute Gasteiger partial charge is 0.417 e. The number of fused-ring (bicyclic) bond motifs is 4. The van der Waals surface area contributed by atoms with Crippen LogP contribution in [0.25, 0.3) is 27.2 Å². The highest BCUT2D eigenvalue weighted by Gasteiger charge is 2.32. The Morgan fingerprint density at radius 1 is 0.855 bits per heavy atom. The van der Waals surface area contributed by atoms with Gasteiger partial charge in [0.15, 0.2) is 11.4 Å². The molecule has 0 spiro atoms. The molecule has 0 saturated carbocycles. The van der Waals surface area contributed by atoms with Gasteiger partial charge in [0.2, 0.25) is 5.91 Å². The monoisotopic (exact) mass is 876 g/mol. The van der Waals surface area contributed by atoms with Crippen LogP contribution in [0.5, 0.6) is 5.75 Å². The molecule has 1 aliphatic heterocycles. The number of pyridine rings is 1. The Kier molecular flexibility index (Phi) is 13.5. The van der Waals surface area contributed by atoms with Crippen molar-refractivity contribution in [3.8, 4) is 21.9 Å². The van der Waals surface area contributed by atoms with Crippen LogP contribution in [0.15, 0.2) is 99.3 Å². The summed E-state index contributed by atoms with van der Waals surface area (Å²) < 4.78 is 29.9. The van der Waals surface area contributed by atoms with Crippen molar-refractivity contribution in [1.29, 1.82) is 0 Å². The van der Waals surface area contributed by atoms with E-state index in [-0.39, 0.29) is 12.3 Å². The second-order valence-electron chi connectivity index (χ2n) is 14.5. The van der Waals surface area contributed by atoms with Gasteiger partial charge in [0.25, 0.3) is 0 Å². The number of halogens is 1. The lowest BCUT2D eigenvalue weighted by Crippen LogP contribution is -2.17. The highest BCUT2D eigenvalue weighted by molar-refractivity contribution is 7.15. The maximum Gasteiger partial charge on any atom is 0.417 e. The molecule has 3 aromatic carbocycles. The molecule has 62 heavy (non-hydrogen) atoms. The first-order valence-electron chi connectivity index (χ1n) is 20.2. The molecule has 5 heterocycles. The van der Waals surface area contributed by atoms with Gasteiger partial charge in [0.05, 0.1) is 57.3 Å². The average Bonchev–Trinajstić information content (AvgIpc) is 3.91. The molecule has 1 atom stereocenters. The zero-order chi connectivity index (χ0) is 43.0. The Morgan fingerprint density at radius 2 is 1.56 bits per heavy atom. The Hall–Kier alpha value is -6.17. The molecule has 0 aliphatic carbocycles. The van der Waals surface area contributed by atoms with Gasteiger partial charge in [-0.3, -0.25) is 19.3 Å². The number of nitrogens with one attached hydrogen (secondary N) is 3. The maximum atomic E-state index is 13.5. The Bertz CT molecular complexity index is 2730. The van der Waals surface area contributed by atoms with E-state index in [0.717, 1.165) is 50.2 Å². The minimum Gasteiger partial charge on any atom is -0.491 e. The number of aromatic amines is 1. The van der Waals surface area contributed by atoms with Crippen molar-refractivity contribution in [1.82, 2.24) is 24.7 Å². The number of rotatable bonds is 19. The molecule has 0 radical (unpaired) electrons. The average molecular weight is 877 g/mol. The third kappa shape index (κ3) is 10.1. The van der Waals surface area contributed by atoms with Crippen LogP contribution in [0.1, 0.15) is 45.7 Å². The second kappa shape index (κ2) is 19.7. The molecule has 1 aliphatic rings. The van der Waals surface area contributed by atoms with Gasteiger partial charge in [-0.25, -0.2) is 9.78 Å². The molecule has 320 valence electrons. The van der Waals surface area contributed by atoms with E-state index in [1.807, 2.05) is 78.2 Å². The molecule has 1 amide bonds. The summed E-state index contributed by atoms with van der Waals surface area (Å²) in [5.41, 5.74) is 7.48. The number of ether oxygens (including phenoxy) is 4. The number of oxazole rings is 1. The normalized spacial score (nSPS) is 13.4. The van der Waals surface area contributed by atoms with Crippen LogP contribution in [0.2, 0.25) is 5.02 Å². The van der Waals surface area contributed by atoms with Crippen molar-refractivity contribution < 1.29 is 28.2 Å². The number of thiophene rings is 1. The minimum atomic E-state index is -0.571. The highest BCUT2D eigenvalue weighted by atomic mass is 35.5. The summed E-state index contributed by atoms with van der Waals surface area (Å²) >= 11 is 7.91. The van der Waals surface area contributed by atoms with Crippen LogP contribution >= 0.6 is 22.9 Å². The summed E-state index contributed by atoms with van der Waals surface area (Å²) in [6, 6.07) is 23.6. The number of hydrogen-bond donors (Lipinski definition) is 3. The zero-order valence-electron chi connectivity index (χ0n) is 34.4. The molecular formula is C45H45ClN8O7S. The standard InChI is InChI=1S/C45H45ClN8O7S/c1-27-28(2)62-44-41(27)42(30-4-8-33(46)9-5-30)50-37(43-53-52-29(3)54(43)44)25-40(55)49-34-10-12-35(13-11-34)60-23-22-59-21-20-58-19-18-57-17-16-47-39-15-7-32(26-48-39)31-6-14-36-38(24-31)61-45(56)51-36/h4-15,24,26,37H,16-23,25H2,1-3H3,(H,47,48)(H,49,55)(H,51,56)/t37-/m0/s1. The number of amides is 1. The first-order chi connectivity index (χ1) is 30.2.